The van der Waals surface area contributed by atoms with Crippen LogP contribution in [0.2, 0.25) is 0 Å². The van der Waals surface area contributed by atoms with Crippen LogP contribution in [0.5, 0.6) is 0 Å². The molecule has 0 rings (SSSR count). The average molecular weight is 174 g/mol. The maximum atomic E-state index is 5.54. The van der Waals surface area contributed by atoms with Gasteiger partial charge in [0.15, 0.2) is 0 Å². The Kier molecular flexibility index (Phi) is 4.61. The van der Waals surface area contributed by atoms with Gasteiger partial charge in [-0.3, -0.25) is 4.90 Å². The molecule has 11 heavy (non-hydrogen) atoms. The second-order valence-electron chi connectivity index (χ2n) is 3.00. The molecule has 0 aromatic carbocycles. The first kappa shape index (κ1) is 10.8. The molecule has 0 bridgehead atoms. The van der Waals surface area contributed by atoms with E-state index in [1.54, 1.807) is 0 Å². The first-order chi connectivity index (χ1) is 5.00. The van der Waals surface area contributed by atoms with Gasteiger partial charge in [0.05, 0.1) is 11.0 Å². The highest BCUT2D eigenvalue weighted by Crippen LogP contribution is 2.04. The topological polar surface area (TPSA) is 29.3 Å². The Morgan fingerprint density at radius 3 is 2.00 bits per heavy atom. The third kappa shape index (κ3) is 3.16. The lowest BCUT2D eigenvalue weighted by Crippen LogP contribution is -2.45. The van der Waals surface area contributed by atoms with Gasteiger partial charge in [-0.1, -0.05) is 19.1 Å². The molecule has 0 fully saturated rings. The van der Waals surface area contributed by atoms with Crippen LogP contribution in [0.25, 0.3) is 0 Å². The van der Waals surface area contributed by atoms with Crippen LogP contribution in [0.4, 0.5) is 0 Å². The summed E-state index contributed by atoms with van der Waals surface area (Å²) in [6.45, 7) is 9.47. The van der Waals surface area contributed by atoms with Gasteiger partial charge in [-0.15, -0.1) is 0 Å². The van der Waals surface area contributed by atoms with E-state index in [0.29, 0.717) is 11.0 Å². The number of hydrogen-bond acceptors (Lipinski definition) is 2. The number of rotatable bonds is 4. The Hall–Kier alpha value is -0.150. The summed E-state index contributed by atoms with van der Waals surface area (Å²) in [4.78, 5) is 2.85. The van der Waals surface area contributed by atoms with Crippen molar-refractivity contribution >= 4 is 17.2 Å². The first-order valence-corrected chi connectivity index (χ1v) is 4.46. The van der Waals surface area contributed by atoms with E-state index >= 15 is 0 Å². The number of nitrogens with zero attached hydrogens (tertiary/aromatic N) is 1. The number of thiocarbonyl (C=S) groups is 1. The van der Waals surface area contributed by atoms with Crippen molar-refractivity contribution < 1.29 is 0 Å². The first-order valence-electron chi connectivity index (χ1n) is 4.05. The van der Waals surface area contributed by atoms with Crippen molar-refractivity contribution in [2.75, 3.05) is 6.54 Å². The Morgan fingerprint density at radius 2 is 1.91 bits per heavy atom. The highest BCUT2D eigenvalue weighted by atomic mass is 32.1. The number of likely N-dealkylation sites (N-methyl/N-ethyl adjacent to an activating group) is 1. The van der Waals surface area contributed by atoms with E-state index < -0.39 is 0 Å². The molecule has 1 atom stereocenters. The molecule has 0 aromatic rings. The van der Waals surface area contributed by atoms with Crippen molar-refractivity contribution in [2.45, 2.75) is 39.8 Å². The molecule has 1 unspecified atom stereocenters. The van der Waals surface area contributed by atoms with Gasteiger partial charge >= 0.3 is 0 Å². The molecule has 0 spiro atoms. The van der Waals surface area contributed by atoms with Crippen molar-refractivity contribution in [3.8, 4) is 0 Å². The van der Waals surface area contributed by atoms with Gasteiger partial charge in [-0.2, -0.15) is 0 Å². The van der Waals surface area contributed by atoms with Gasteiger partial charge in [-0.25, -0.2) is 0 Å². The van der Waals surface area contributed by atoms with Gasteiger partial charge in [0.2, 0.25) is 0 Å². The molecule has 0 aromatic heterocycles. The van der Waals surface area contributed by atoms with Gasteiger partial charge in [0.25, 0.3) is 0 Å². The highest BCUT2D eigenvalue weighted by Gasteiger charge is 2.16. The second kappa shape index (κ2) is 4.67. The number of nitrogens with two attached hydrogens (primary N) is 1. The summed E-state index contributed by atoms with van der Waals surface area (Å²) in [5, 5.41) is 0. The summed E-state index contributed by atoms with van der Waals surface area (Å²) >= 11 is 4.92. The van der Waals surface area contributed by atoms with Gasteiger partial charge in [-0.05, 0) is 27.3 Å². The summed E-state index contributed by atoms with van der Waals surface area (Å²) in [6, 6.07) is 0.728. The van der Waals surface area contributed by atoms with Crippen LogP contribution in [-0.4, -0.2) is 28.5 Å². The third-order valence-corrected chi connectivity index (χ3v) is 2.28. The summed E-state index contributed by atoms with van der Waals surface area (Å²) in [7, 11) is 0. The van der Waals surface area contributed by atoms with Crippen molar-refractivity contribution in [2.24, 2.45) is 5.73 Å². The maximum Gasteiger partial charge on any atom is 0.0899 e. The molecule has 0 aliphatic heterocycles. The minimum atomic E-state index is 0.218. The van der Waals surface area contributed by atoms with Crippen LogP contribution in [0.1, 0.15) is 27.7 Å². The number of hydrogen-bond donors (Lipinski definition) is 1. The molecule has 0 saturated carbocycles. The lowest BCUT2D eigenvalue weighted by atomic mass is 10.2. The lowest BCUT2D eigenvalue weighted by Gasteiger charge is -2.30. The monoisotopic (exact) mass is 174 g/mol. The Balaban J connectivity index is 4.13. The molecular weight excluding hydrogens is 156 g/mol. The smallest absolute Gasteiger partial charge is 0.0899 e. The summed E-state index contributed by atoms with van der Waals surface area (Å²) in [5.41, 5.74) is 5.54. The zero-order valence-electron chi connectivity index (χ0n) is 7.79. The minimum absolute atomic E-state index is 0.218. The van der Waals surface area contributed by atoms with Crippen LogP contribution in [-0.2, 0) is 0 Å². The zero-order chi connectivity index (χ0) is 9.02. The molecule has 0 aliphatic carbocycles. The standard InChI is InChI=1S/C8H18N2S/c1-5-10(6(2)3)7(4)8(9)11/h6-7H,5H2,1-4H3,(H2,9,11). The predicted molar refractivity (Wildman–Crippen MR) is 53.8 cm³/mol. The van der Waals surface area contributed by atoms with Gasteiger partial charge in [0.1, 0.15) is 0 Å². The van der Waals surface area contributed by atoms with E-state index in [2.05, 4.69) is 25.7 Å². The fourth-order valence-corrected chi connectivity index (χ4v) is 1.39. The molecule has 0 amide bonds. The van der Waals surface area contributed by atoms with Crippen molar-refractivity contribution in [3.05, 3.63) is 0 Å². The molecule has 66 valence electrons. The van der Waals surface area contributed by atoms with Gasteiger partial charge in [0, 0.05) is 6.04 Å². The maximum absolute atomic E-state index is 5.54. The fraction of sp³-hybridized carbons (Fsp3) is 0.875. The van der Waals surface area contributed by atoms with E-state index in [9.17, 15) is 0 Å². The average Bonchev–Trinajstić information content (AvgIpc) is 1.88. The lowest BCUT2D eigenvalue weighted by molar-refractivity contribution is 0.214. The molecular formula is C8H18N2S. The molecule has 3 heteroatoms. The Labute approximate surface area is 74.8 Å². The van der Waals surface area contributed by atoms with Crippen LogP contribution < -0.4 is 5.73 Å². The summed E-state index contributed by atoms with van der Waals surface area (Å²) in [6.07, 6.45) is 0. The fourth-order valence-electron chi connectivity index (χ4n) is 1.25. The molecule has 2 N–H and O–H groups in total. The SMILES string of the molecule is CCN(C(C)C)C(C)C(N)=S. The minimum Gasteiger partial charge on any atom is -0.392 e. The molecule has 0 saturated heterocycles. The predicted octanol–water partition coefficient (Wildman–Crippen LogP) is 1.39. The summed E-state index contributed by atoms with van der Waals surface area (Å²) < 4.78 is 0. The Morgan fingerprint density at radius 1 is 1.45 bits per heavy atom. The van der Waals surface area contributed by atoms with Crippen molar-refractivity contribution in [1.82, 2.24) is 4.90 Å². The summed E-state index contributed by atoms with van der Waals surface area (Å²) in [5.74, 6) is 0. The Bertz CT molecular complexity index is 134. The largest absolute Gasteiger partial charge is 0.392 e. The van der Waals surface area contributed by atoms with Crippen LogP contribution in [0.15, 0.2) is 0 Å². The van der Waals surface area contributed by atoms with Crippen molar-refractivity contribution in [3.63, 3.8) is 0 Å². The molecule has 0 heterocycles. The third-order valence-electron chi connectivity index (χ3n) is 1.94. The molecule has 0 radical (unpaired) electrons. The van der Waals surface area contributed by atoms with E-state index in [1.165, 1.54) is 0 Å². The van der Waals surface area contributed by atoms with Crippen molar-refractivity contribution in [1.29, 1.82) is 0 Å². The quantitative estimate of drug-likeness (QED) is 0.653. The molecule has 0 aliphatic rings. The van der Waals surface area contributed by atoms with E-state index in [0.717, 1.165) is 6.54 Å². The van der Waals surface area contributed by atoms with E-state index in [-0.39, 0.29) is 6.04 Å². The van der Waals surface area contributed by atoms with Crippen LogP contribution in [0.3, 0.4) is 0 Å². The highest BCUT2D eigenvalue weighted by molar-refractivity contribution is 7.80. The normalized spacial score (nSPS) is 14.0. The van der Waals surface area contributed by atoms with Crippen LogP contribution in [0, 0.1) is 0 Å². The van der Waals surface area contributed by atoms with Gasteiger partial charge < -0.3 is 5.73 Å². The van der Waals surface area contributed by atoms with E-state index in [4.69, 9.17) is 18.0 Å². The second-order valence-corrected chi connectivity index (χ2v) is 3.47. The molecule has 2 nitrogen and oxygen atoms in total. The zero-order valence-corrected chi connectivity index (χ0v) is 8.61. The van der Waals surface area contributed by atoms with E-state index in [1.807, 2.05) is 6.92 Å². The van der Waals surface area contributed by atoms with Crippen LogP contribution >= 0.6 is 12.2 Å².